The minimum atomic E-state index is 0.135. The van der Waals surface area contributed by atoms with E-state index in [1.165, 1.54) is 11.1 Å². The van der Waals surface area contributed by atoms with Crippen LogP contribution in [0.2, 0.25) is 0 Å². The molecule has 0 saturated heterocycles. The van der Waals surface area contributed by atoms with Crippen LogP contribution in [-0.2, 0) is 4.79 Å². The van der Waals surface area contributed by atoms with Crippen molar-refractivity contribution in [1.29, 1.82) is 0 Å². The van der Waals surface area contributed by atoms with Crippen molar-refractivity contribution < 1.29 is 4.79 Å². The first kappa shape index (κ1) is 21.1. The SMILES string of the molecule is CCC(=O)N1c2cc(/C=C/CN)ccc2C(Nc2ccc(C(C)C)cc2)CC1C. The Balaban J connectivity index is 1.95. The van der Waals surface area contributed by atoms with Gasteiger partial charge in [0.2, 0.25) is 5.91 Å². The van der Waals surface area contributed by atoms with Crippen LogP contribution in [0.1, 0.15) is 69.2 Å². The number of carbonyl (C=O) groups is 1. The first-order chi connectivity index (χ1) is 13.9. The van der Waals surface area contributed by atoms with E-state index in [0.29, 0.717) is 18.9 Å². The number of nitrogens with two attached hydrogens (primary N) is 1. The lowest BCUT2D eigenvalue weighted by atomic mass is 9.90. The summed E-state index contributed by atoms with van der Waals surface area (Å²) in [6, 6.07) is 15.3. The standard InChI is InChI=1S/C25H33N3O/c1-5-25(29)28-18(4)15-23(27-21-11-9-20(10-12-21)17(2)3)22-13-8-19(7-6-14-26)16-24(22)28/h6-13,16-18,23,27H,5,14-15,26H2,1-4H3/b7-6+. The van der Waals surface area contributed by atoms with Gasteiger partial charge in [-0.3, -0.25) is 4.79 Å². The number of rotatable bonds is 6. The molecule has 2 aromatic rings. The van der Waals surface area contributed by atoms with E-state index >= 15 is 0 Å². The van der Waals surface area contributed by atoms with Crippen molar-refractivity contribution in [2.75, 3.05) is 16.8 Å². The van der Waals surface area contributed by atoms with Gasteiger partial charge in [-0.1, -0.05) is 57.2 Å². The number of hydrogen-bond acceptors (Lipinski definition) is 3. The summed E-state index contributed by atoms with van der Waals surface area (Å²) < 4.78 is 0. The molecular weight excluding hydrogens is 358 g/mol. The van der Waals surface area contributed by atoms with E-state index in [9.17, 15) is 4.79 Å². The van der Waals surface area contributed by atoms with Gasteiger partial charge in [0.1, 0.15) is 0 Å². The summed E-state index contributed by atoms with van der Waals surface area (Å²) in [5.74, 6) is 0.687. The number of hydrogen-bond donors (Lipinski definition) is 2. The summed E-state index contributed by atoms with van der Waals surface area (Å²) in [5, 5.41) is 3.70. The molecule has 4 heteroatoms. The molecule has 154 valence electrons. The third kappa shape index (κ3) is 4.70. The van der Waals surface area contributed by atoms with Crippen molar-refractivity contribution in [3.8, 4) is 0 Å². The Kier molecular flexibility index (Phi) is 6.75. The summed E-state index contributed by atoms with van der Waals surface area (Å²) in [4.78, 5) is 14.7. The number of nitrogens with one attached hydrogen (secondary N) is 1. The average molecular weight is 392 g/mol. The molecule has 3 rings (SSSR count). The van der Waals surface area contributed by atoms with Gasteiger partial charge in [-0.15, -0.1) is 0 Å². The summed E-state index contributed by atoms with van der Waals surface area (Å²) in [6.07, 6.45) is 5.33. The molecule has 2 aromatic carbocycles. The number of nitrogens with zero attached hydrogens (tertiary/aromatic N) is 1. The maximum Gasteiger partial charge on any atom is 0.226 e. The third-order valence-corrected chi connectivity index (χ3v) is 5.64. The highest BCUT2D eigenvalue weighted by Crippen LogP contribution is 2.40. The number of benzene rings is 2. The molecule has 1 amide bonds. The molecule has 2 unspecified atom stereocenters. The molecule has 0 fully saturated rings. The highest BCUT2D eigenvalue weighted by molar-refractivity contribution is 5.95. The van der Waals surface area contributed by atoms with Crippen LogP contribution >= 0.6 is 0 Å². The Bertz CT molecular complexity index is 870. The van der Waals surface area contributed by atoms with Crippen LogP contribution in [0.3, 0.4) is 0 Å². The summed E-state index contributed by atoms with van der Waals surface area (Å²) >= 11 is 0. The van der Waals surface area contributed by atoms with Crippen LogP contribution in [0.5, 0.6) is 0 Å². The van der Waals surface area contributed by atoms with Crippen LogP contribution in [0, 0.1) is 0 Å². The summed E-state index contributed by atoms with van der Waals surface area (Å²) in [6.45, 7) is 8.97. The Labute approximate surface area is 174 Å². The normalized spacial score (nSPS) is 18.9. The predicted octanol–water partition coefficient (Wildman–Crippen LogP) is 5.47. The lowest BCUT2D eigenvalue weighted by Crippen LogP contribution is -2.44. The number of amides is 1. The number of carbonyl (C=O) groups excluding carboxylic acids is 1. The quantitative estimate of drug-likeness (QED) is 0.686. The zero-order valence-corrected chi connectivity index (χ0v) is 18.0. The van der Waals surface area contributed by atoms with E-state index in [-0.39, 0.29) is 18.0 Å². The maximum absolute atomic E-state index is 12.7. The second-order valence-corrected chi connectivity index (χ2v) is 8.13. The number of anilines is 2. The van der Waals surface area contributed by atoms with Gasteiger partial charge in [-0.25, -0.2) is 0 Å². The molecule has 4 nitrogen and oxygen atoms in total. The van der Waals surface area contributed by atoms with E-state index in [1.54, 1.807) is 0 Å². The Morgan fingerprint density at radius 3 is 2.59 bits per heavy atom. The molecular formula is C25H33N3O. The Hall–Kier alpha value is -2.59. The van der Waals surface area contributed by atoms with Gasteiger partial charge in [0.05, 0.1) is 6.04 Å². The van der Waals surface area contributed by atoms with Gasteiger partial charge in [0.15, 0.2) is 0 Å². The zero-order chi connectivity index (χ0) is 21.0. The monoisotopic (exact) mass is 391 g/mol. The van der Waals surface area contributed by atoms with Crippen LogP contribution in [0.15, 0.2) is 48.5 Å². The molecule has 0 bridgehead atoms. The van der Waals surface area contributed by atoms with Crippen molar-refractivity contribution in [3.05, 3.63) is 65.2 Å². The van der Waals surface area contributed by atoms with E-state index in [1.807, 2.05) is 24.0 Å². The second-order valence-electron chi connectivity index (χ2n) is 8.13. The van der Waals surface area contributed by atoms with Crippen LogP contribution in [0.25, 0.3) is 6.08 Å². The molecule has 0 spiro atoms. The Morgan fingerprint density at radius 1 is 1.24 bits per heavy atom. The molecule has 0 saturated carbocycles. The largest absolute Gasteiger partial charge is 0.378 e. The van der Waals surface area contributed by atoms with E-state index < -0.39 is 0 Å². The molecule has 0 aromatic heterocycles. The van der Waals surface area contributed by atoms with Crippen molar-refractivity contribution in [2.45, 2.75) is 58.5 Å². The number of fused-ring (bicyclic) bond motifs is 1. The lowest BCUT2D eigenvalue weighted by Gasteiger charge is -2.40. The fourth-order valence-electron chi connectivity index (χ4n) is 4.04. The van der Waals surface area contributed by atoms with Crippen LogP contribution in [-0.4, -0.2) is 18.5 Å². The highest BCUT2D eigenvalue weighted by Gasteiger charge is 2.33. The van der Waals surface area contributed by atoms with E-state index in [4.69, 9.17) is 5.73 Å². The minimum Gasteiger partial charge on any atom is -0.378 e. The lowest BCUT2D eigenvalue weighted by molar-refractivity contribution is -0.118. The molecule has 0 radical (unpaired) electrons. The first-order valence-corrected chi connectivity index (χ1v) is 10.6. The predicted molar refractivity (Wildman–Crippen MR) is 123 cm³/mol. The van der Waals surface area contributed by atoms with Crippen molar-refractivity contribution >= 4 is 23.4 Å². The Morgan fingerprint density at radius 2 is 1.97 bits per heavy atom. The maximum atomic E-state index is 12.7. The first-order valence-electron chi connectivity index (χ1n) is 10.6. The van der Waals surface area contributed by atoms with Gasteiger partial charge in [-0.2, -0.15) is 0 Å². The van der Waals surface area contributed by atoms with Crippen LogP contribution in [0.4, 0.5) is 11.4 Å². The van der Waals surface area contributed by atoms with Crippen molar-refractivity contribution in [1.82, 2.24) is 0 Å². The zero-order valence-electron chi connectivity index (χ0n) is 18.0. The highest BCUT2D eigenvalue weighted by atomic mass is 16.2. The van der Waals surface area contributed by atoms with Gasteiger partial charge in [-0.05, 0) is 54.2 Å². The molecule has 3 N–H and O–H groups in total. The van der Waals surface area contributed by atoms with Gasteiger partial charge < -0.3 is 16.0 Å². The van der Waals surface area contributed by atoms with Gasteiger partial charge >= 0.3 is 0 Å². The van der Waals surface area contributed by atoms with Crippen LogP contribution < -0.4 is 16.0 Å². The topological polar surface area (TPSA) is 58.4 Å². The van der Waals surface area contributed by atoms with Gasteiger partial charge in [0.25, 0.3) is 0 Å². The van der Waals surface area contributed by atoms with E-state index in [0.717, 1.165) is 23.4 Å². The summed E-state index contributed by atoms with van der Waals surface area (Å²) in [7, 11) is 0. The molecule has 1 aliphatic rings. The van der Waals surface area contributed by atoms with Crippen molar-refractivity contribution in [2.24, 2.45) is 5.73 Å². The van der Waals surface area contributed by atoms with E-state index in [2.05, 4.69) is 68.6 Å². The molecule has 1 aliphatic heterocycles. The molecule has 2 atom stereocenters. The van der Waals surface area contributed by atoms with Crippen molar-refractivity contribution in [3.63, 3.8) is 0 Å². The molecule has 1 heterocycles. The molecule has 29 heavy (non-hydrogen) atoms. The smallest absolute Gasteiger partial charge is 0.226 e. The minimum absolute atomic E-state index is 0.135. The van der Waals surface area contributed by atoms with Gasteiger partial charge in [0, 0.05) is 30.4 Å². The summed E-state index contributed by atoms with van der Waals surface area (Å²) in [5.41, 5.74) is 11.3. The third-order valence-electron chi connectivity index (χ3n) is 5.64. The molecule has 0 aliphatic carbocycles. The fourth-order valence-corrected chi connectivity index (χ4v) is 4.04. The second kappa shape index (κ2) is 9.27. The fraction of sp³-hybridized carbons (Fsp3) is 0.400. The average Bonchev–Trinajstić information content (AvgIpc) is 2.72.